The molecular formula is C14H19N3O5. The van der Waals surface area contributed by atoms with Gasteiger partial charge in [0.1, 0.15) is 11.9 Å². The van der Waals surface area contributed by atoms with Gasteiger partial charge in [0.25, 0.3) is 5.69 Å². The molecule has 2 rings (SSSR count). The molecule has 0 spiro atoms. The zero-order chi connectivity index (χ0) is 16.1. The standard InChI is InChI=1S/C14H19N3O5/c1-21-12-4-2-10(17(19)20)6-9(12)8-16-14(18)13-5-3-11(7-15)22-13/h2,4,6,11,13H,3,5,7-8,15H2,1H3,(H,16,18)/t11-,13+/m1/s1. The highest BCUT2D eigenvalue weighted by Gasteiger charge is 2.29. The summed E-state index contributed by atoms with van der Waals surface area (Å²) in [6.45, 7) is 0.527. The van der Waals surface area contributed by atoms with E-state index >= 15 is 0 Å². The number of hydrogen-bond donors (Lipinski definition) is 2. The van der Waals surface area contributed by atoms with Gasteiger partial charge in [-0.15, -0.1) is 0 Å². The lowest BCUT2D eigenvalue weighted by Gasteiger charge is -2.14. The first kappa shape index (κ1) is 16.2. The van der Waals surface area contributed by atoms with Crippen molar-refractivity contribution in [3.8, 4) is 5.75 Å². The number of nitrogens with one attached hydrogen (secondary N) is 1. The fourth-order valence-corrected chi connectivity index (χ4v) is 2.38. The SMILES string of the molecule is COc1ccc([N+](=O)[O-])cc1CNC(=O)[C@@H]1CC[C@H](CN)O1. The molecule has 1 aliphatic heterocycles. The van der Waals surface area contributed by atoms with Crippen LogP contribution >= 0.6 is 0 Å². The lowest BCUT2D eigenvalue weighted by Crippen LogP contribution is -2.35. The average Bonchev–Trinajstić information content (AvgIpc) is 3.01. The first-order valence-electron chi connectivity index (χ1n) is 6.99. The smallest absolute Gasteiger partial charge is 0.270 e. The number of nitro benzene ring substituents is 1. The summed E-state index contributed by atoms with van der Waals surface area (Å²) in [6, 6.07) is 4.25. The third-order valence-electron chi connectivity index (χ3n) is 3.59. The van der Waals surface area contributed by atoms with Crippen molar-refractivity contribution in [2.75, 3.05) is 13.7 Å². The van der Waals surface area contributed by atoms with Crippen LogP contribution in [0.2, 0.25) is 0 Å². The van der Waals surface area contributed by atoms with Crippen LogP contribution in [0.3, 0.4) is 0 Å². The molecule has 0 aliphatic carbocycles. The van der Waals surface area contributed by atoms with Crippen LogP contribution in [-0.4, -0.2) is 36.7 Å². The highest BCUT2D eigenvalue weighted by atomic mass is 16.6. The van der Waals surface area contributed by atoms with Crippen LogP contribution < -0.4 is 15.8 Å². The number of nitro groups is 1. The Labute approximate surface area is 127 Å². The van der Waals surface area contributed by atoms with Crippen molar-refractivity contribution in [3.63, 3.8) is 0 Å². The van der Waals surface area contributed by atoms with E-state index < -0.39 is 11.0 Å². The third kappa shape index (κ3) is 3.71. The van der Waals surface area contributed by atoms with E-state index in [-0.39, 0.29) is 24.2 Å². The second-order valence-corrected chi connectivity index (χ2v) is 5.03. The van der Waals surface area contributed by atoms with Gasteiger partial charge in [-0.2, -0.15) is 0 Å². The van der Waals surface area contributed by atoms with Gasteiger partial charge in [0.05, 0.1) is 18.1 Å². The molecule has 8 heteroatoms. The van der Waals surface area contributed by atoms with E-state index in [1.54, 1.807) is 0 Å². The van der Waals surface area contributed by atoms with Crippen LogP contribution in [0.1, 0.15) is 18.4 Å². The van der Waals surface area contributed by atoms with Crippen molar-refractivity contribution < 1.29 is 19.2 Å². The van der Waals surface area contributed by atoms with E-state index in [0.717, 1.165) is 6.42 Å². The van der Waals surface area contributed by atoms with Crippen LogP contribution in [0, 0.1) is 10.1 Å². The molecule has 22 heavy (non-hydrogen) atoms. The van der Waals surface area contributed by atoms with Gasteiger partial charge < -0.3 is 20.5 Å². The maximum absolute atomic E-state index is 12.0. The van der Waals surface area contributed by atoms with Crippen molar-refractivity contribution in [2.24, 2.45) is 5.73 Å². The predicted octanol–water partition coefficient (Wildman–Crippen LogP) is 0.726. The van der Waals surface area contributed by atoms with E-state index in [0.29, 0.717) is 24.3 Å². The fourth-order valence-electron chi connectivity index (χ4n) is 2.38. The lowest BCUT2D eigenvalue weighted by molar-refractivity contribution is -0.384. The van der Waals surface area contributed by atoms with Gasteiger partial charge >= 0.3 is 0 Å². The summed E-state index contributed by atoms with van der Waals surface area (Å²) >= 11 is 0. The Balaban J connectivity index is 2.00. The average molecular weight is 309 g/mol. The largest absolute Gasteiger partial charge is 0.496 e. The monoisotopic (exact) mass is 309 g/mol. The number of carbonyl (C=O) groups is 1. The summed E-state index contributed by atoms with van der Waals surface area (Å²) in [7, 11) is 1.47. The van der Waals surface area contributed by atoms with Crippen LogP contribution in [0.5, 0.6) is 5.75 Å². The Morgan fingerprint density at radius 2 is 2.32 bits per heavy atom. The highest BCUT2D eigenvalue weighted by molar-refractivity contribution is 5.81. The summed E-state index contributed by atoms with van der Waals surface area (Å²) in [6.07, 6.45) is 0.787. The van der Waals surface area contributed by atoms with Gasteiger partial charge in [-0.25, -0.2) is 0 Å². The number of methoxy groups -OCH3 is 1. The maximum atomic E-state index is 12.0. The maximum Gasteiger partial charge on any atom is 0.270 e. The second kappa shape index (κ2) is 7.19. The molecule has 0 unspecified atom stereocenters. The molecule has 1 aliphatic rings. The number of nitrogens with zero attached hydrogens (tertiary/aromatic N) is 1. The number of nitrogens with two attached hydrogens (primary N) is 1. The Kier molecular flexibility index (Phi) is 5.29. The van der Waals surface area contributed by atoms with Gasteiger partial charge in [0.15, 0.2) is 0 Å². The lowest BCUT2D eigenvalue weighted by atomic mass is 10.1. The summed E-state index contributed by atoms with van der Waals surface area (Å²) < 4.78 is 10.7. The molecule has 1 amide bonds. The van der Waals surface area contributed by atoms with E-state index in [1.165, 1.54) is 25.3 Å². The van der Waals surface area contributed by atoms with Gasteiger partial charge in [0, 0.05) is 30.8 Å². The van der Waals surface area contributed by atoms with Crippen molar-refractivity contribution in [2.45, 2.75) is 31.6 Å². The van der Waals surface area contributed by atoms with Gasteiger partial charge in [-0.3, -0.25) is 14.9 Å². The molecular weight excluding hydrogens is 290 g/mol. The third-order valence-corrected chi connectivity index (χ3v) is 3.59. The fraction of sp³-hybridized carbons (Fsp3) is 0.500. The van der Waals surface area contributed by atoms with Crippen molar-refractivity contribution in [1.82, 2.24) is 5.32 Å². The van der Waals surface area contributed by atoms with Crippen LogP contribution in [0.4, 0.5) is 5.69 Å². The normalized spacial score (nSPS) is 20.6. The zero-order valence-electron chi connectivity index (χ0n) is 12.3. The number of rotatable bonds is 6. The van der Waals surface area contributed by atoms with Gasteiger partial charge in [-0.05, 0) is 18.9 Å². The molecule has 0 bridgehead atoms. The molecule has 0 aromatic heterocycles. The molecule has 0 saturated carbocycles. The Hall–Kier alpha value is -2.19. The van der Waals surface area contributed by atoms with Gasteiger partial charge in [-0.1, -0.05) is 0 Å². The number of carbonyl (C=O) groups excluding carboxylic acids is 1. The van der Waals surface area contributed by atoms with Crippen molar-refractivity contribution in [1.29, 1.82) is 0 Å². The Bertz CT molecular complexity index is 563. The zero-order valence-corrected chi connectivity index (χ0v) is 12.3. The molecule has 1 heterocycles. The van der Waals surface area contributed by atoms with Gasteiger partial charge in [0.2, 0.25) is 5.91 Å². The molecule has 0 radical (unpaired) electrons. The van der Waals surface area contributed by atoms with E-state index in [9.17, 15) is 14.9 Å². The minimum Gasteiger partial charge on any atom is -0.496 e. The van der Waals surface area contributed by atoms with E-state index in [1.807, 2.05) is 0 Å². The molecule has 3 N–H and O–H groups in total. The summed E-state index contributed by atoms with van der Waals surface area (Å²) in [5, 5.41) is 13.5. The van der Waals surface area contributed by atoms with E-state index in [2.05, 4.69) is 5.32 Å². The molecule has 8 nitrogen and oxygen atoms in total. The highest BCUT2D eigenvalue weighted by Crippen LogP contribution is 2.24. The summed E-state index contributed by atoms with van der Waals surface area (Å²) in [4.78, 5) is 22.4. The predicted molar refractivity (Wildman–Crippen MR) is 78.4 cm³/mol. The number of amides is 1. The quantitative estimate of drug-likeness (QED) is 0.591. The topological polar surface area (TPSA) is 117 Å². The molecule has 1 aromatic rings. The van der Waals surface area contributed by atoms with Crippen LogP contribution in [0.15, 0.2) is 18.2 Å². The molecule has 1 aromatic carbocycles. The van der Waals surface area contributed by atoms with Crippen LogP contribution in [-0.2, 0) is 16.1 Å². The Morgan fingerprint density at radius 1 is 1.55 bits per heavy atom. The molecule has 1 fully saturated rings. The number of hydrogen-bond acceptors (Lipinski definition) is 6. The van der Waals surface area contributed by atoms with E-state index in [4.69, 9.17) is 15.2 Å². The summed E-state index contributed by atoms with van der Waals surface area (Å²) in [5.74, 6) is 0.239. The molecule has 1 saturated heterocycles. The number of non-ortho nitro benzene ring substituents is 1. The number of ether oxygens (including phenoxy) is 2. The minimum atomic E-state index is -0.516. The first-order valence-corrected chi connectivity index (χ1v) is 6.99. The minimum absolute atomic E-state index is 0.0506. The van der Waals surface area contributed by atoms with Crippen molar-refractivity contribution >= 4 is 11.6 Å². The number of benzene rings is 1. The van der Waals surface area contributed by atoms with Crippen LogP contribution in [0.25, 0.3) is 0 Å². The van der Waals surface area contributed by atoms with Crippen molar-refractivity contribution in [3.05, 3.63) is 33.9 Å². The summed E-state index contributed by atoms with van der Waals surface area (Å²) in [5.41, 5.74) is 6.00. The molecule has 120 valence electrons. The second-order valence-electron chi connectivity index (χ2n) is 5.03. The Morgan fingerprint density at radius 3 is 2.91 bits per heavy atom. The molecule has 2 atom stereocenters. The first-order chi connectivity index (χ1) is 10.5.